The number of benzene rings is 2. The Bertz CT molecular complexity index is 1250. The first-order chi connectivity index (χ1) is 13.8. The third-order valence-corrected chi connectivity index (χ3v) is 7.01. The second kappa shape index (κ2) is 7.65. The fraction of sp³-hybridized carbons (Fsp3) is 0.238. The van der Waals surface area contributed by atoms with Crippen LogP contribution in [-0.2, 0) is 16.4 Å². The van der Waals surface area contributed by atoms with Crippen molar-refractivity contribution in [2.45, 2.75) is 19.0 Å². The first kappa shape index (κ1) is 19.7. The summed E-state index contributed by atoms with van der Waals surface area (Å²) < 4.78 is 29.3. The number of hydrogen-bond donors (Lipinski definition) is 0. The zero-order valence-corrected chi connectivity index (χ0v) is 16.9. The highest BCUT2D eigenvalue weighted by molar-refractivity contribution is 7.91. The highest BCUT2D eigenvalue weighted by atomic mass is 35.5. The Morgan fingerprint density at radius 2 is 1.93 bits per heavy atom. The smallest absolute Gasteiger partial charge is 0.349 e. The third kappa shape index (κ3) is 4.21. The average Bonchev–Trinajstić information content (AvgIpc) is 3.04. The second-order valence-corrected chi connectivity index (χ2v) is 9.77. The Balaban J connectivity index is 1.75. The van der Waals surface area contributed by atoms with Crippen molar-refractivity contribution in [2.75, 3.05) is 11.5 Å². The summed E-state index contributed by atoms with van der Waals surface area (Å²) >= 11 is 6.06. The number of carbonyl (C=O) groups excluding carboxylic acids is 1. The Hall–Kier alpha value is -2.64. The molecule has 29 heavy (non-hydrogen) atoms. The quantitative estimate of drug-likeness (QED) is 0.592. The summed E-state index contributed by atoms with van der Waals surface area (Å²) in [5.74, 6) is -0.659. The average molecular weight is 432 g/mol. The molecule has 1 saturated heterocycles. The van der Waals surface area contributed by atoms with Gasteiger partial charge in [-0.25, -0.2) is 13.2 Å². The highest BCUT2D eigenvalue weighted by Crippen LogP contribution is 2.24. The number of hydrogen-bond acceptors (Lipinski definition) is 5. The Morgan fingerprint density at radius 1 is 1.14 bits per heavy atom. The van der Waals surface area contributed by atoms with Gasteiger partial charge in [0, 0.05) is 23.0 Å². The Morgan fingerprint density at radius 3 is 2.66 bits per heavy atom. The van der Waals surface area contributed by atoms with E-state index >= 15 is 0 Å². The molecular weight excluding hydrogens is 414 g/mol. The lowest BCUT2D eigenvalue weighted by Crippen LogP contribution is -2.42. The largest absolute Gasteiger partial charge is 0.422 e. The minimum absolute atomic E-state index is 0.0172. The summed E-state index contributed by atoms with van der Waals surface area (Å²) in [6.07, 6.45) is 0.327. The van der Waals surface area contributed by atoms with E-state index in [1.807, 2.05) is 0 Å². The molecule has 8 heteroatoms. The minimum Gasteiger partial charge on any atom is -0.422 e. The van der Waals surface area contributed by atoms with Crippen LogP contribution in [0.4, 0.5) is 0 Å². The number of nitrogens with zero attached hydrogens (tertiary/aromatic N) is 1. The lowest BCUT2D eigenvalue weighted by Gasteiger charge is -2.28. The number of sulfone groups is 1. The SMILES string of the molecule is O=C(c1cc2ccccc2oc1=O)N(Cc1cccc(Cl)c1)[C@H]1CCS(=O)(=O)C1. The molecule has 0 radical (unpaired) electrons. The van der Waals surface area contributed by atoms with E-state index in [-0.39, 0.29) is 23.6 Å². The number of para-hydroxylation sites is 1. The van der Waals surface area contributed by atoms with Crippen molar-refractivity contribution in [3.05, 3.63) is 81.2 Å². The molecule has 0 N–H and O–H groups in total. The molecule has 1 amide bonds. The monoisotopic (exact) mass is 431 g/mol. The van der Waals surface area contributed by atoms with Gasteiger partial charge in [-0.2, -0.15) is 0 Å². The highest BCUT2D eigenvalue weighted by Gasteiger charge is 2.36. The molecule has 1 fully saturated rings. The van der Waals surface area contributed by atoms with Gasteiger partial charge in [-0.3, -0.25) is 4.79 Å². The van der Waals surface area contributed by atoms with Crippen molar-refractivity contribution in [3.8, 4) is 0 Å². The Kier molecular flexibility index (Phi) is 5.19. The van der Waals surface area contributed by atoms with Crippen molar-refractivity contribution >= 4 is 38.3 Å². The Labute approximate surface area is 172 Å². The fourth-order valence-corrected chi connectivity index (χ4v) is 5.53. The lowest BCUT2D eigenvalue weighted by atomic mass is 10.1. The molecule has 1 aliphatic heterocycles. The van der Waals surface area contributed by atoms with E-state index in [2.05, 4.69) is 0 Å². The number of fused-ring (bicyclic) bond motifs is 1. The van der Waals surface area contributed by atoms with E-state index in [0.29, 0.717) is 22.4 Å². The van der Waals surface area contributed by atoms with Crippen LogP contribution in [0.2, 0.25) is 5.02 Å². The van der Waals surface area contributed by atoms with Crippen molar-refractivity contribution in [1.29, 1.82) is 0 Å². The molecule has 1 aromatic heterocycles. The van der Waals surface area contributed by atoms with Crippen LogP contribution in [0.15, 0.2) is 63.8 Å². The normalized spacial score (nSPS) is 18.0. The van der Waals surface area contributed by atoms with E-state index < -0.39 is 27.4 Å². The molecule has 2 aromatic carbocycles. The van der Waals surface area contributed by atoms with E-state index in [1.165, 1.54) is 11.0 Å². The van der Waals surface area contributed by atoms with Crippen molar-refractivity contribution in [2.24, 2.45) is 0 Å². The van der Waals surface area contributed by atoms with E-state index in [4.69, 9.17) is 16.0 Å². The minimum atomic E-state index is -3.22. The standard InChI is InChI=1S/C21H18ClNO5S/c22-16-6-3-4-14(10-16)12-23(17-8-9-29(26,27)13-17)20(24)18-11-15-5-1-2-7-19(15)28-21(18)25/h1-7,10-11,17H,8-9,12-13H2/t17-/m0/s1. The van der Waals surface area contributed by atoms with Gasteiger partial charge in [0.15, 0.2) is 9.84 Å². The molecule has 3 aromatic rings. The second-order valence-electron chi connectivity index (χ2n) is 7.11. The molecule has 0 spiro atoms. The summed E-state index contributed by atoms with van der Waals surface area (Å²) in [5.41, 5.74) is 0.278. The molecule has 0 aliphatic carbocycles. The van der Waals surface area contributed by atoms with Crippen LogP contribution in [0.25, 0.3) is 11.0 Å². The lowest BCUT2D eigenvalue weighted by molar-refractivity contribution is 0.0676. The van der Waals surface area contributed by atoms with Crippen LogP contribution >= 0.6 is 11.6 Å². The zero-order valence-electron chi connectivity index (χ0n) is 15.4. The van der Waals surface area contributed by atoms with E-state index in [1.54, 1.807) is 48.5 Å². The van der Waals surface area contributed by atoms with Crippen LogP contribution in [0.3, 0.4) is 0 Å². The molecule has 1 aliphatic rings. The van der Waals surface area contributed by atoms with Crippen molar-refractivity contribution < 1.29 is 17.6 Å². The molecule has 1 atom stereocenters. The first-order valence-corrected chi connectivity index (χ1v) is 11.3. The summed E-state index contributed by atoms with van der Waals surface area (Å²) in [6.45, 7) is 0.145. The van der Waals surface area contributed by atoms with Gasteiger partial charge in [0.1, 0.15) is 11.1 Å². The number of rotatable bonds is 4. The third-order valence-electron chi connectivity index (χ3n) is 5.02. The zero-order chi connectivity index (χ0) is 20.6. The summed E-state index contributed by atoms with van der Waals surface area (Å²) in [7, 11) is -3.22. The van der Waals surface area contributed by atoms with Gasteiger partial charge in [0.05, 0.1) is 11.5 Å². The molecular formula is C21H18ClNO5S. The van der Waals surface area contributed by atoms with Crippen LogP contribution in [0.1, 0.15) is 22.3 Å². The van der Waals surface area contributed by atoms with Crippen LogP contribution in [0.5, 0.6) is 0 Å². The fourth-order valence-electron chi connectivity index (χ4n) is 3.59. The number of amides is 1. The number of carbonyl (C=O) groups is 1. The summed E-state index contributed by atoms with van der Waals surface area (Å²) in [4.78, 5) is 27.3. The van der Waals surface area contributed by atoms with Crippen molar-refractivity contribution in [3.63, 3.8) is 0 Å². The van der Waals surface area contributed by atoms with Crippen LogP contribution in [0, 0.1) is 0 Å². The molecule has 6 nitrogen and oxygen atoms in total. The predicted octanol–water partition coefficient (Wildman–Crippen LogP) is 3.28. The maximum atomic E-state index is 13.3. The maximum Gasteiger partial charge on any atom is 0.349 e. The summed E-state index contributed by atoms with van der Waals surface area (Å²) in [6, 6.07) is 14.9. The summed E-state index contributed by atoms with van der Waals surface area (Å²) in [5, 5.41) is 1.14. The van der Waals surface area contributed by atoms with Gasteiger partial charge in [0.25, 0.3) is 5.91 Å². The molecule has 0 unspecified atom stereocenters. The van der Waals surface area contributed by atoms with Gasteiger partial charge < -0.3 is 9.32 Å². The molecule has 0 saturated carbocycles. The van der Waals surface area contributed by atoms with Gasteiger partial charge in [-0.05, 0) is 36.2 Å². The van der Waals surface area contributed by atoms with Gasteiger partial charge in [0.2, 0.25) is 0 Å². The molecule has 0 bridgehead atoms. The topological polar surface area (TPSA) is 84.7 Å². The van der Waals surface area contributed by atoms with Gasteiger partial charge in [-0.1, -0.05) is 41.9 Å². The van der Waals surface area contributed by atoms with E-state index in [9.17, 15) is 18.0 Å². The maximum absolute atomic E-state index is 13.3. The molecule has 150 valence electrons. The first-order valence-electron chi connectivity index (χ1n) is 9.11. The number of halogens is 1. The van der Waals surface area contributed by atoms with E-state index in [0.717, 1.165) is 5.56 Å². The predicted molar refractivity (Wildman–Crippen MR) is 111 cm³/mol. The van der Waals surface area contributed by atoms with Crippen molar-refractivity contribution in [1.82, 2.24) is 4.90 Å². The van der Waals surface area contributed by atoms with Gasteiger partial charge >= 0.3 is 5.63 Å². The van der Waals surface area contributed by atoms with Gasteiger partial charge in [-0.15, -0.1) is 0 Å². The van der Waals surface area contributed by atoms with Crippen LogP contribution in [-0.4, -0.2) is 36.8 Å². The molecule has 2 heterocycles. The molecule has 4 rings (SSSR count). The van der Waals surface area contributed by atoms with Crippen LogP contribution < -0.4 is 5.63 Å².